The van der Waals surface area contributed by atoms with Gasteiger partial charge in [-0.2, -0.15) is 0 Å². The molecule has 2 rings (SSSR count). The molecule has 0 aliphatic heterocycles. The Bertz CT molecular complexity index is 558. The lowest BCUT2D eigenvalue weighted by atomic mass is 10.2. The quantitative estimate of drug-likeness (QED) is 0.909. The van der Waals surface area contributed by atoms with Gasteiger partial charge < -0.3 is 15.2 Å². The Labute approximate surface area is 117 Å². The molecule has 0 saturated carbocycles. The van der Waals surface area contributed by atoms with Crippen molar-refractivity contribution in [3.8, 4) is 11.5 Å². The van der Waals surface area contributed by atoms with Gasteiger partial charge in [-0.25, -0.2) is 0 Å². The highest BCUT2D eigenvalue weighted by molar-refractivity contribution is 7.99. The van der Waals surface area contributed by atoms with Crippen LogP contribution in [0.1, 0.15) is 5.56 Å². The summed E-state index contributed by atoms with van der Waals surface area (Å²) in [6.07, 6.45) is 0. The van der Waals surface area contributed by atoms with Crippen molar-refractivity contribution in [2.45, 2.75) is 16.3 Å². The number of ether oxygens (including phenoxy) is 2. The summed E-state index contributed by atoms with van der Waals surface area (Å²) in [5, 5.41) is 0. The SMILES string of the molecule is COc1ccc(CN)c(Sc2ccccc2OC)c1. The molecule has 2 N–H and O–H groups in total. The molecule has 0 heterocycles. The molecule has 0 bridgehead atoms. The first-order valence-corrected chi connectivity index (χ1v) is 6.78. The first kappa shape index (κ1) is 13.8. The third-order valence-electron chi connectivity index (χ3n) is 2.78. The lowest BCUT2D eigenvalue weighted by Crippen LogP contribution is -1.99. The summed E-state index contributed by atoms with van der Waals surface area (Å²) in [7, 11) is 3.34. The zero-order valence-electron chi connectivity index (χ0n) is 11.1. The van der Waals surface area contributed by atoms with Crippen LogP contribution in [0.2, 0.25) is 0 Å². The van der Waals surface area contributed by atoms with E-state index in [1.165, 1.54) is 0 Å². The second-order valence-electron chi connectivity index (χ2n) is 3.93. The minimum absolute atomic E-state index is 0.501. The van der Waals surface area contributed by atoms with Crippen LogP contribution in [0.15, 0.2) is 52.3 Å². The van der Waals surface area contributed by atoms with Gasteiger partial charge in [-0.05, 0) is 29.8 Å². The highest BCUT2D eigenvalue weighted by atomic mass is 32.2. The number of nitrogens with two attached hydrogens (primary N) is 1. The fourth-order valence-electron chi connectivity index (χ4n) is 1.75. The Morgan fingerprint density at radius 2 is 1.79 bits per heavy atom. The van der Waals surface area contributed by atoms with E-state index in [0.29, 0.717) is 6.54 Å². The molecule has 0 radical (unpaired) electrons. The third-order valence-corrected chi connectivity index (χ3v) is 3.94. The number of benzene rings is 2. The maximum Gasteiger partial charge on any atom is 0.132 e. The average molecular weight is 275 g/mol. The van der Waals surface area contributed by atoms with Crippen molar-refractivity contribution >= 4 is 11.8 Å². The molecule has 0 atom stereocenters. The van der Waals surface area contributed by atoms with E-state index in [-0.39, 0.29) is 0 Å². The molecule has 0 aliphatic rings. The maximum absolute atomic E-state index is 5.78. The molecule has 0 aromatic heterocycles. The first-order valence-electron chi connectivity index (χ1n) is 5.96. The molecular weight excluding hydrogens is 258 g/mol. The third kappa shape index (κ3) is 3.22. The van der Waals surface area contributed by atoms with Crippen LogP contribution in [0.5, 0.6) is 11.5 Å². The van der Waals surface area contributed by atoms with Gasteiger partial charge in [-0.15, -0.1) is 0 Å². The van der Waals surface area contributed by atoms with E-state index in [0.717, 1.165) is 26.9 Å². The zero-order chi connectivity index (χ0) is 13.7. The molecule has 0 amide bonds. The monoisotopic (exact) mass is 275 g/mol. The van der Waals surface area contributed by atoms with Crippen LogP contribution in [0.4, 0.5) is 0 Å². The Hall–Kier alpha value is -1.65. The number of methoxy groups -OCH3 is 2. The van der Waals surface area contributed by atoms with Crippen molar-refractivity contribution in [2.75, 3.05) is 14.2 Å². The minimum atomic E-state index is 0.501. The summed E-state index contributed by atoms with van der Waals surface area (Å²) in [5.74, 6) is 1.69. The van der Waals surface area contributed by atoms with E-state index in [4.69, 9.17) is 15.2 Å². The van der Waals surface area contributed by atoms with E-state index in [1.807, 2.05) is 42.5 Å². The Morgan fingerprint density at radius 1 is 1.00 bits per heavy atom. The summed E-state index contributed by atoms with van der Waals surface area (Å²) >= 11 is 1.63. The van der Waals surface area contributed by atoms with Crippen LogP contribution < -0.4 is 15.2 Å². The van der Waals surface area contributed by atoms with Crippen LogP contribution >= 0.6 is 11.8 Å². The van der Waals surface area contributed by atoms with Gasteiger partial charge in [0.25, 0.3) is 0 Å². The molecule has 0 saturated heterocycles. The van der Waals surface area contributed by atoms with E-state index >= 15 is 0 Å². The first-order chi connectivity index (χ1) is 9.28. The summed E-state index contributed by atoms with van der Waals surface area (Å²) in [4.78, 5) is 2.15. The van der Waals surface area contributed by atoms with Crippen LogP contribution in [0, 0.1) is 0 Å². The lowest BCUT2D eigenvalue weighted by Gasteiger charge is -2.12. The van der Waals surface area contributed by atoms with E-state index in [1.54, 1.807) is 26.0 Å². The summed E-state index contributed by atoms with van der Waals surface area (Å²) in [6, 6.07) is 13.9. The number of hydrogen-bond donors (Lipinski definition) is 1. The van der Waals surface area contributed by atoms with Crippen molar-refractivity contribution in [2.24, 2.45) is 5.73 Å². The molecule has 4 heteroatoms. The zero-order valence-corrected chi connectivity index (χ0v) is 11.9. The molecule has 0 fully saturated rings. The Kier molecular flexibility index (Phi) is 4.71. The molecule has 0 aliphatic carbocycles. The molecule has 0 unspecified atom stereocenters. The smallest absolute Gasteiger partial charge is 0.132 e. The normalized spacial score (nSPS) is 10.3. The fraction of sp³-hybridized carbons (Fsp3) is 0.200. The predicted molar refractivity (Wildman–Crippen MR) is 78.0 cm³/mol. The van der Waals surface area contributed by atoms with Crippen molar-refractivity contribution in [1.29, 1.82) is 0 Å². The molecule has 19 heavy (non-hydrogen) atoms. The molecule has 0 spiro atoms. The van der Waals surface area contributed by atoms with Gasteiger partial charge in [0.1, 0.15) is 11.5 Å². The number of para-hydroxylation sites is 1. The molecule has 2 aromatic carbocycles. The van der Waals surface area contributed by atoms with Crippen LogP contribution in [-0.4, -0.2) is 14.2 Å². The largest absolute Gasteiger partial charge is 0.497 e. The van der Waals surface area contributed by atoms with E-state index in [9.17, 15) is 0 Å². The van der Waals surface area contributed by atoms with Crippen LogP contribution in [0.25, 0.3) is 0 Å². The van der Waals surface area contributed by atoms with Gasteiger partial charge in [0.15, 0.2) is 0 Å². The summed E-state index contributed by atoms with van der Waals surface area (Å²) < 4.78 is 10.6. The fourth-order valence-corrected chi connectivity index (χ4v) is 2.84. The average Bonchev–Trinajstić information content (AvgIpc) is 2.47. The second-order valence-corrected chi connectivity index (χ2v) is 5.01. The highest BCUT2D eigenvalue weighted by Crippen LogP contribution is 2.37. The highest BCUT2D eigenvalue weighted by Gasteiger charge is 2.08. The van der Waals surface area contributed by atoms with Crippen LogP contribution in [-0.2, 0) is 6.54 Å². The van der Waals surface area contributed by atoms with Gasteiger partial charge >= 0.3 is 0 Å². The second kappa shape index (κ2) is 6.50. The van der Waals surface area contributed by atoms with Crippen molar-refractivity contribution in [3.63, 3.8) is 0 Å². The van der Waals surface area contributed by atoms with Gasteiger partial charge in [0, 0.05) is 11.4 Å². The van der Waals surface area contributed by atoms with Gasteiger partial charge in [0.05, 0.1) is 19.1 Å². The summed E-state index contributed by atoms with van der Waals surface area (Å²) in [5.41, 5.74) is 6.88. The van der Waals surface area contributed by atoms with E-state index < -0.39 is 0 Å². The predicted octanol–water partition coefficient (Wildman–Crippen LogP) is 3.31. The van der Waals surface area contributed by atoms with Crippen molar-refractivity contribution in [3.05, 3.63) is 48.0 Å². The number of rotatable bonds is 5. The maximum atomic E-state index is 5.78. The van der Waals surface area contributed by atoms with Crippen LogP contribution in [0.3, 0.4) is 0 Å². The Morgan fingerprint density at radius 3 is 2.47 bits per heavy atom. The standard InChI is InChI=1S/C15H17NO2S/c1-17-12-8-7-11(10-16)15(9-12)19-14-6-4-3-5-13(14)18-2/h3-9H,10,16H2,1-2H3. The van der Waals surface area contributed by atoms with Crippen molar-refractivity contribution in [1.82, 2.24) is 0 Å². The van der Waals surface area contributed by atoms with Gasteiger partial charge in [-0.1, -0.05) is 30.0 Å². The topological polar surface area (TPSA) is 44.5 Å². The van der Waals surface area contributed by atoms with Gasteiger partial charge in [0.2, 0.25) is 0 Å². The molecular formula is C15H17NO2S. The van der Waals surface area contributed by atoms with Gasteiger partial charge in [-0.3, -0.25) is 0 Å². The molecule has 100 valence electrons. The minimum Gasteiger partial charge on any atom is -0.497 e. The molecule has 3 nitrogen and oxygen atoms in total. The molecule has 2 aromatic rings. The summed E-state index contributed by atoms with van der Waals surface area (Å²) in [6.45, 7) is 0.501. The van der Waals surface area contributed by atoms with Crippen molar-refractivity contribution < 1.29 is 9.47 Å². The lowest BCUT2D eigenvalue weighted by molar-refractivity contribution is 0.404. The Balaban J connectivity index is 2.36. The van der Waals surface area contributed by atoms with E-state index in [2.05, 4.69) is 0 Å². The number of hydrogen-bond acceptors (Lipinski definition) is 4.